The Bertz CT molecular complexity index is 502. The molecule has 0 saturated heterocycles. The van der Waals surface area contributed by atoms with Gasteiger partial charge in [-0.2, -0.15) is 0 Å². The summed E-state index contributed by atoms with van der Waals surface area (Å²) in [6.45, 7) is 2.02. The smallest absolute Gasteiger partial charge is 0.346 e. The van der Waals surface area contributed by atoms with E-state index in [1.54, 1.807) is 12.1 Å². The lowest BCUT2D eigenvalue weighted by Gasteiger charge is -1.98. The van der Waals surface area contributed by atoms with Gasteiger partial charge in [0.1, 0.15) is 0 Å². The molecule has 0 unspecified atom stereocenters. The van der Waals surface area contributed by atoms with Gasteiger partial charge in [0.2, 0.25) is 0 Å². The lowest BCUT2D eigenvalue weighted by atomic mass is 10.2. The second kappa shape index (κ2) is 3.62. The maximum absolute atomic E-state index is 11.5. The van der Waals surface area contributed by atoms with E-state index in [1.807, 2.05) is 19.1 Å². The quantitative estimate of drug-likeness (QED) is 0.726. The van der Waals surface area contributed by atoms with Gasteiger partial charge in [0.05, 0.1) is 10.9 Å². The average molecular weight is 189 g/mol. The molecule has 3 heteroatoms. The Hall–Kier alpha value is -1.64. The van der Waals surface area contributed by atoms with Crippen molar-refractivity contribution in [2.75, 3.05) is 0 Å². The number of hydrogen-bond acceptors (Lipinski definition) is 3. The highest BCUT2D eigenvalue weighted by molar-refractivity contribution is 5.76. The third-order valence-corrected chi connectivity index (χ3v) is 2.04. The molecule has 2 aromatic rings. The summed E-state index contributed by atoms with van der Waals surface area (Å²) in [5.74, 6) is 0.524. The summed E-state index contributed by atoms with van der Waals surface area (Å²) in [4.78, 5) is 15.7. The normalized spacial score (nSPS) is 10.6. The number of fused-ring (bicyclic) bond motifs is 1. The summed E-state index contributed by atoms with van der Waals surface area (Å²) in [7, 11) is 0. The van der Waals surface area contributed by atoms with E-state index in [9.17, 15) is 4.79 Å². The zero-order chi connectivity index (χ0) is 9.97. The second-order valence-corrected chi connectivity index (χ2v) is 3.16. The van der Waals surface area contributed by atoms with Gasteiger partial charge in [-0.05, 0) is 18.6 Å². The van der Waals surface area contributed by atoms with E-state index in [0.717, 1.165) is 6.42 Å². The highest BCUT2D eigenvalue weighted by Gasteiger charge is 2.03. The summed E-state index contributed by atoms with van der Waals surface area (Å²) in [6, 6.07) is 7.22. The van der Waals surface area contributed by atoms with Gasteiger partial charge in [-0.1, -0.05) is 19.1 Å². The minimum absolute atomic E-state index is 0.293. The summed E-state index contributed by atoms with van der Waals surface area (Å²) in [5.41, 5.74) is 0.422. The Morgan fingerprint density at radius 3 is 2.93 bits per heavy atom. The Morgan fingerprint density at radius 1 is 1.36 bits per heavy atom. The standard InChI is InChI=1S/C11H11NO2/c1-2-5-10-12-9-7-4-3-6-8(9)11(13)14-10/h3-4,6-7H,2,5H2,1H3. The predicted molar refractivity (Wildman–Crippen MR) is 54.3 cm³/mol. The fourth-order valence-electron chi connectivity index (χ4n) is 1.38. The molecule has 3 nitrogen and oxygen atoms in total. The Morgan fingerprint density at radius 2 is 2.14 bits per heavy atom. The van der Waals surface area contributed by atoms with Crippen molar-refractivity contribution in [2.24, 2.45) is 0 Å². The van der Waals surface area contributed by atoms with Crippen LogP contribution in [-0.2, 0) is 6.42 Å². The number of hydrogen-bond donors (Lipinski definition) is 0. The zero-order valence-electron chi connectivity index (χ0n) is 7.99. The summed E-state index contributed by atoms with van der Waals surface area (Å²) in [5, 5.41) is 0.548. The molecule has 0 saturated carbocycles. The van der Waals surface area contributed by atoms with Gasteiger partial charge in [-0.25, -0.2) is 9.78 Å². The predicted octanol–water partition coefficient (Wildman–Crippen LogP) is 2.14. The minimum Gasteiger partial charge on any atom is -0.408 e. The first-order valence-electron chi connectivity index (χ1n) is 4.70. The van der Waals surface area contributed by atoms with Gasteiger partial charge in [0.15, 0.2) is 5.89 Å². The molecule has 72 valence electrons. The van der Waals surface area contributed by atoms with Crippen LogP contribution < -0.4 is 5.63 Å². The summed E-state index contributed by atoms with van der Waals surface area (Å²) >= 11 is 0. The summed E-state index contributed by atoms with van der Waals surface area (Å²) < 4.78 is 5.06. The van der Waals surface area contributed by atoms with E-state index in [1.165, 1.54) is 0 Å². The molecule has 1 aromatic heterocycles. The third kappa shape index (κ3) is 1.53. The van der Waals surface area contributed by atoms with Crippen LogP contribution in [0.4, 0.5) is 0 Å². The number of aryl methyl sites for hydroxylation is 1. The molecule has 14 heavy (non-hydrogen) atoms. The lowest BCUT2D eigenvalue weighted by Crippen LogP contribution is -2.04. The van der Waals surface area contributed by atoms with Crippen molar-refractivity contribution in [3.63, 3.8) is 0 Å². The molecule has 0 fully saturated rings. The van der Waals surface area contributed by atoms with Crippen molar-refractivity contribution in [3.05, 3.63) is 40.6 Å². The molecule has 1 aromatic carbocycles. The van der Waals surface area contributed by atoms with Gasteiger partial charge in [0, 0.05) is 6.42 Å². The van der Waals surface area contributed by atoms with Crippen molar-refractivity contribution in [1.82, 2.24) is 4.98 Å². The third-order valence-electron chi connectivity index (χ3n) is 2.04. The lowest BCUT2D eigenvalue weighted by molar-refractivity contribution is 0.442. The van der Waals surface area contributed by atoms with E-state index in [-0.39, 0.29) is 5.63 Å². The van der Waals surface area contributed by atoms with Crippen LogP contribution in [0.3, 0.4) is 0 Å². The van der Waals surface area contributed by atoms with Crippen LogP contribution in [0.1, 0.15) is 19.2 Å². The van der Waals surface area contributed by atoms with E-state index >= 15 is 0 Å². The zero-order valence-corrected chi connectivity index (χ0v) is 7.99. The maximum Gasteiger partial charge on any atom is 0.346 e. The van der Waals surface area contributed by atoms with Gasteiger partial charge >= 0.3 is 5.63 Å². The number of benzene rings is 1. The van der Waals surface area contributed by atoms with Crippen LogP contribution in [-0.4, -0.2) is 4.98 Å². The monoisotopic (exact) mass is 189 g/mol. The first-order valence-corrected chi connectivity index (χ1v) is 4.70. The molecule has 2 rings (SSSR count). The molecule has 0 N–H and O–H groups in total. The van der Waals surface area contributed by atoms with Crippen molar-refractivity contribution >= 4 is 10.9 Å². The highest BCUT2D eigenvalue weighted by Crippen LogP contribution is 2.07. The molecule has 0 spiro atoms. The molecular formula is C11H11NO2. The molecular weight excluding hydrogens is 178 g/mol. The molecule has 0 atom stereocenters. The number of nitrogens with zero attached hydrogens (tertiary/aromatic N) is 1. The topological polar surface area (TPSA) is 43.1 Å². The summed E-state index contributed by atoms with van der Waals surface area (Å²) in [6.07, 6.45) is 1.63. The van der Waals surface area contributed by atoms with E-state index in [2.05, 4.69) is 4.98 Å². The van der Waals surface area contributed by atoms with Crippen LogP contribution in [0.15, 0.2) is 33.5 Å². The van der Waals surface area contributed by atoms with Gasteiger partial charge in [0.25, 0.3) is 0 Å². The van der Waals surface area contributed by atoms with Crippen LogP contribution in [0.2, 0.25) is 0 Å². The molecule has 0 aliphatic carbocycles. The molecule has 0 bridgehead atoms. The van der Waals surface area contributed by atoms with Crippen LogP contribution in [0, 0.1) is 0 Å². The number of aromatic nitrogens is 1. The van der Waals surface area contributed by atoms with E-state index < -0.39 is 0 Å². The van der Waals surface area contributed by atoms with E-state index in [0.29, 0.717) is 23.2 Å². The maximum atomic E-state index is 11.5. The average Bonchev–Trinajstić information content (AvgIpc) is 2.18. The second-order valence-electron chi connectivity index (χ2n) is 3.16. The Kier molecular flexibility index (Phi) is 2.31. The fourth-order valence-corrected chi connectivity index (χ4v) is 1.38. The SMILES string of the molecule is CCCc1nc2ccccc2c(=O)o1. The van der Waals surface area contributed by atoms with Crippen molar-refractivity contribution in [3.8, 4) is 0 Å². The van der Waals surface area contributed by atoms with Crippen LogP contribution in [0.25, 0.3) is 10.9 Å². The largest absolute Gasteiger partial charge is 0.408 e. The highest BCUT2D eigenvalue weighted by atomic mass is 16.4. The molecule has 1 heterocycles. The van der Waals surface area contributed by atoms with Gasteiger partial charge in [-0.15, -0.1) is 0 Å². The Labute approximate surface area is 81.4 Å². The van der Waals surface area contributed by atoms with Gasteiger partial charge < -0.3 is 4.42 Å². The van der Waals surface area contributed by atoms with E-state index in [4.69, 9.17) is 4.42 Å². The Balaban J connectivity index is 2.66. The van der Waals surface area contributed by atoms with Crippen LogP contribution in [0.5, 0.6) is 0 Å². The van der Waals surface area contributed by atoms with Gasteiger partial charge in [-0.3, -0.25) is 0 Å². The van der Waals surface area contributed by atoms with Crippen molar-refractivity contribution in [2.45, 2.75) is 19.8 Å². The first kappa shape index (κ1) is 8.94. The van der Waals surface area contributed by atoms with Crippen molar-refractivity contribution in [1.29, 1.82) is 0 Å². The molecule has 0 radical (unpaired) electrons. The molecule has 0 aliphatic heterocycles. The first-order chi connectivity index (χ1) is 6.81. The minimum atomic E-state index is -0.293. The fraction of sp³-hybridized carbons (Fsp3) is 0.273. The molecule has 0 amide bonds. The van der Waals surface area contributed by atoms with Crippen LogP contribution >= 0.6 is 0 Å². The van der Waals surface area contributed by atoms with Crippen molar-refractivity contribution < 1.29 is 4.42 Å². The number of rotatable bonds is 2. The molecule has 0 aliphatic rings. The number of para-hydroxylation sites is 1.